The summed E-state index contributed by atoms with van der Waals surface area (Å²) in [6, 6.07) is 11.3. The molecular weight excluding hydrogens is 287 g/mol. The van der Waals surface area contributed by atoms with Crippen molar-refractivity contribution in [3.8, 4) is 16.9 Å². The van der Waals surface area contributed by atoms with E-state index in [0.29, 0.717) is 11.3 Å². The summed E-state index contributed by atoms with van der Waals surface area (Å²) in [5.41, 5.74) is 4.28. The fourth-order valence-corrected chi connectivity index (χ4v) is 2.75. The van der Waals surface area contributed by atoms with Gasteiger partial charge in [-0.05, 0) is 53.1 Å². The first-order valence-corrected chi connectivity index (χ1v) is 8.36. The molecule has 23 heavy (non-hydrogen) atoms. The number of benzene rings is 2. The molecule has 0 aromatic heterocycles. The van der Waals surface area contributed by atoms with Crippen molar-refractivity contribution in [2.24, 2.45) is 5.41 Å². The van der Waals surface area contributed by atoms with Crippen LogP contribution in [0.3, 0.4) is 0 Å². The molecular formula is C21H27FO. The minimum absolute atomic E-state index is 0.191. The van der Waals surface area contributed by atoms with E-state index in [2.05, 4.69) is 45.9 Å². The van der Waals surface area contributed by atoms with E-state index in [-0.39, 0.29) is 11.2 Å². The second-order valence-electron chi connectivity index (χ2n) is 6.89. The maximum atomic E-state index is 14.4. The lowest BCUT2D eigenvalue weighted by Gasteiger charge is -2.25. The third-order valence-electron chi connectivity index (χ3n) is 4.67. The number of hydrogen-bond acceptors (Lipinski definition) is 1. The van der Waals surface area contributed by atoms with Crippen molar-refractivity contribution in [3.05, 3.63) is 53.3 Å². The van der Waals surface area contributed by atoms with Crippen LogP contribution < -0.4 is 4.74 Å². The quantitative estimate of drug-likeness (QED) is 0.631. The number of hydrogen-bond donors (Lipinski definition) is 0. The van der Waals surface area contributed by atoms with Crippen LogP contribution in [0.2, 0.25) is 0 Å². The average Bonchev–Trinajstić information content (AvgIpc) is 2.55. The first-order valence-electron chi connectivity index (χ1n) is 8.36. The molecule has 2 heteroatoms. The van der Waals surface area contributed by atoms with Gasteiger partial charge in [-0.2, -0.15) is 0 Å². The standard InChI is InChI=1S/C21H27FO/c1-6-15-8-10-18(16(12-15)14-21(3,4)7-2)19-13-17(23-5)9-11-20(19)22/h8-13H,6-7,14H2,1-5H3. The smallest absolute Gasteiger partial charge is 0.131 e. The number of rotatable bonds is 6. The van der Waals surface area contributed by atoms with Gasteiger partial charge in [-0.3, -0.25) is 0 Å². The van der Waals surface area contributed by atoms with Gasteiger partial charge in [0.05, 0.1) is 7.11 Å². The lowest BCUT2D eigenvalue weighted by molar-refractivity contribution is 0.349. The molecule has 0 aliphatic heterocycles. The Hall–Kier alpha value is -1.83. The summed E-state index contributed by atoms with van der Waals surface area (Å²) < 4.78 is 19.7. The van der Waals surface area contributed by atoms with Gasteiger partial charge in [0.1, 0.15) is 11.6 Å². The van der Waals surface area contributed by atoms with Gasteiger partial charge in [0.15, 0.2) is 0 Å². The number of aryl methyl sites for hydroxylation is 1. The van der Waals surface area contributed by atoms with E-state index in [1.807, 2.05) is 0 Å². The van der Waals surface area contributed by atoms with E-state index in [0.717, 1.165) is 24.8 Å². The summed E-state index contributed by atoms with van der Waals surface area (Å²) in [7, 11) is 1.61. The van der Waals surface area contributed by atoms with Crippen LogP contribution in [0.25, 0.3) is 11.1 Å². The molecule has 0 unspecified atom stereocenters. The molecule has 0 atom stereocenters. The average molecular weight is 314 g/mol. The molecule has 0 spiro atoms. The van der Waals surface area contributed by atoms with E-state index in [4.69, 9.17) is 4.74 Å². The molecule has 0 saturated heterocycles. The summed E-state index contributed by atoms with van der Waals surface area (Å²) in [6.45, 7) is 8.88. The highest BCUT2D eigenvalue weighted by Crippen LogP contribution is 2.35. The number of ether oxygens (including phenoxy) is 1. The highest BCUT2D eigenvalue weighted by atomic mass is 19.1. The zero-order chi connectivity index (χ0) is 17.0. The molecule has 0 aliphatic rings. The largest absolute Gasteiger partial charge is 0.497 e. The van der Waals surface area contributed by atoms with Gasteiger partial charge < -0.3 is 4.74 Å². The Labute approximate surface area is 139 Å². The van der Waals surface area contributed by atoms with Gasteiger partial charge >= 0.3 is 0 Å². The van der Waals surface area contributed by atoms with Crippen molar-refractivity contribution in [3.63, 3.8) is 0 Å². The lowest BCUT2D eigenvalue weighted by Crippen LogP contribution is -2.14. The minimum Gasteiger partial charge on any atom is -0.497 e. The Morgan fingerprint density at radius 2 is 1.74 bits per heavy atom. The number of methoxy groups -OCH3 is 1. The summed E-state index contributed by atoms with van der Waals surface area (Å²) in [6.07, 6.45) is 3.01. The van der Waals surface area contributed by atoms with Crippen molar-refractivity contribution in [2.75, 3.05) is 7.11 Å². The maximum absolute atomic E-state index is 14.4. The van der Waals surface area contributed by atoms with Crippen LogP contribution >= 0.6 is 0 Å². The molecule has 0 aliphatic carbocycles. The van der Waals surface area contributed by atoms with E-state index in [9.17, 15) is 4.39 Å². The van der Waals surface area contributed by atoms with Crippen molar-refractivity contribution < 1.29 is 9.13 Å². The van der Waals surface area contributed by atoms with Gasteiger partial charge in [-0.15, -0.1) is 0 Å². The molecule has 0 heterocycles. The zero-order valence-electron chi connectivity index (χ0n) is 14.9. The second-order valence-corrected chi connectivity index (χ2v) is 6.89. The lowest BCUT2D eigenvalue weighted by atomic mass is 9.80. The molecule has 2 rings (SSSR count). The van der Waals surface area contributed by atoms with Crippen molar-refractivity contribution in [2.45, 2.75) is 47.0 Å². The second kappa shape index (κ2) is 7.16. The summed E-state index contributed by atoms with van der Waals surface area (Å²) in [4.78, 5) is 0. The van der Waals surface area contributed by atoms with Crippen molar-refractivity contribution in [1.82, 2.24) is 0 Å². The highest BCUT2D eigenvalue weighted by Gasteiger charge is 2.20. The topological polar surface area (TPSA) is 9.23 Å². The van der Waals surface area contributed by atoms with Crippen molar-refractivity contribution >= 4 is 0 Å². The predicted octanol–water partition coefficient (Wildman–Crippen LogP) is 6.04. The zero-order valence-corrected chi connectivity index (χ0v) is 14.9. The maximum Gasteiger partial charge on any atom is 0.131 e. The van der Waals surface area contributed by atoms with Gasteiger partial charge in [-0.25, -0.2) is 4.39 Å². The van der Waals surface area contributed by atoms with Crippen LogP contribution in [0, 0.1) is 11.2 Å². The van der Waals surface area contributed by atoms with E-state index < -0.39 is 0 Å². The SMILES string of the molecule is CCc1ccc(-c2cc(OC)ccc2F)c(CC(C)(C)CC)c1. The molecule has 2 aromatic carbocycles. The molecule has 0 amide bonds. The Kier molecular flexibility index (Phi) is 5.46. The number of halogens is 1. The summed E-state index contributed by atoms with van der Waals surface area (Å²) >= 11 is 0. The summed E-state index contributed by atoms with van der Waals surface area (Å²) in [5, 5.41) is 0. The third-order valence-corrected chi connectivity index (χ3v) is 4.67. The first-order chi connectivity index (χ1) is 10.9. The Bertz CT molecular complexity index is 674. The fraction of sp³-hybridized carbons (Fsp3) is 0.429. The third kappa shape index (κ3) is 4.13. The van der Waals surface area contributed by atoms with Crippen LogP contribution in [0.1, 0.15) is 45.2 Å². The van der Waals surface area contributed by atoms with Crippen LogP contribution in [0.4, 0.5) is 4.39 Å². The first kappa shape index (κ1) is 17.5. The molecule has 0 fully saturated rings. The predicted molar refractivity (Wildman–Crippen MR) is 95.5 cm³/mol. The van der Waals surface area contributed by atoms with Gasteiger partial charge in [-0.1, -0.05) is 52.3 Å². The summed E-state index contributed by atoms with van der Waals surface area (Å²) in [5.74, 6) is 0.479. The van der Waals surface area contributed by atoms with Gasteiger partial charge in [0.2, 0.25) is 0 Å². The fourth-order valence-electron chi connectivity index (χ4n) is 2.75. The Balaban J connectivity index is 2.57. The monoisotopic (exact) mass is 314 g/mol. The Morgan fingerprint density at radius 1 is 1.00 bits per heavy atom. The molecule has 0 N–H and O–H groups in total. The van der Waals surface area contributed by atoms with Gasteiger partial charge in [0.25, 0.3) is 0 Å². The van der Waals surface area contributed by atoms with E-state index in [1.165, 1.54) is 17.2 Å². The van der Waals surface area contributed by atoms with Crippen LogP contribution in [0.5, 0.6) is 5.75 Å². The molecule has 0 bridgehead atoms. The normalized spacial score (nSPS) is 11.6. The Morgan fingerprint density at radius 3 is 2.35 bits per heavy atom. The van der Waals surface area contributed by atoms with E-state index >= 15 is 0 Å². The molecule has 0 saturated carbocycles. The molecule has 0 radical (unpaired) electrons. The molecule has 2 aromatic rings. The van der Waals surface area contributed by atoms with Crippen LogP contribution in [0.15, 0.2) is 36.4 Å². The highest BCUT2D eigenvalue weighted by molar-refractivity contribution is 5.70. The molecule has 124 valence electrons. The minimum atomic E-state index is -0.203. The van der Waals surface area contributed by atoms with E-state index in [1.54, 1.807) is 19.2 Å². The van der Waals surface area contributed by atoms with Crippen LogP contribution in [-0.2, 0) is 12.8 Å². The van der Waals surface area contributed by atoms with Gasteiger partial charge in [0, 0.05) is 5.56 Å². The van der Waals surface area contributed by atoms with Crippen LogP contribution in [-0.4, -0.2) is 7.11 Å². The molecule has 1 nitrogen and oxygen atoms in total. The van der Waals surface area contributed by atoms with Crippen molar-refractivity contribution in [1.29, 1.82) is 0 Å².